The predicted molar refractivity (Wildman–Crippen MR) is 135 cm³/mol. The van der Waals surface area contributed by atoms with Gasteiger partial charge < -0.3 is 4.74 Å². The third-order valence-corrected chi connectivity index (χ3v) is 6.14. The molecule has 0 saturated heterocycles. The first kappa shape index (κ1) is 23.7. The van der Waals surface area contributed by atoms with Crippen LogP contribution in [0.15, 0.2) is 77.9 Å². The second kappa shape index (κ2) is 9.82. The molecule has 3 aromatic carbocycles. The van der Waals surface area contributed by atoms with Gasteiger partial charge in [-0.1, -0.05) is 56.6 Å². The van der Waals surface area contributed by atoms with Crippen molar-refractivity contribution in [2.24, 2.45) is 11.0 Å². The maximum absolute atomic E-state index is 12.4. The van der Waals surface area contributed by atoms with Crippen molar-refractivity contribution in [2.75, 3.05) is 0 Å². The van der Waals surface area contributed by atoms with E-state index in [1.54, 1.807) is 54.7 Å². The maximum atomic E-state index is 12.4. The van der Waals surface area contributed by atoms with Crippen LogP contribution < -0.4 is 10.2 Å². The number of rotatable bonds is 6. The molecule has 6 heteroatoms. The molecule has 0 aliphatic heterocycles. The van der Waals surface area contributed by atoms with E-state index in [1.807, 2.05) is 0 Å². The molecule has 1 aliphatic carbocycles. The lowest BCUT2D eigenvalue weighted by molar-refractivity contribution is -0.122. The van der Waals surface area contributed by atoms with Crippen molar-refractivity contribution in [1.29, 1.82) is 0 Å². The summed E-state index contributed by atoms with van der Waals surface area (Å²) in [5, 5.41) is 4.63. The molecule has 0 spiro atoms. The molecule has 4 rings (SSSR count). The molecule has 1 amide bonds. The van der Waals surface area contributed by atoms with Crippen molar-refractivity contribution in [2.45, 2.75) is 38.5 Å². The number of carbonyl (C=O) groups excluding carboxylic acids is 2. The Balaban J connectivity index is 1.26. The van der Waals surface area contributed by atoms with E-state index in [2.05, 4.69) is 55.6 Å². The summed E-state index contributed by atoms with van der Waals surface area (Å²) in [6.45, 7) is 6.57. The Hall–Kier alpha value is -3.44. The summed E-state index contributed by atoms with van der Waals surface area (Å²) in [5.41, 5.74) is 6.42. The Labute approximate surface area is 204 Å². The van der Waals surface area contributed by atoms with E-state index in [9.17, 15) is 9.59 Å². The van der Waals surface area contributed by atoms with Crippen LogP contribution in [0.4, 0.5) is 0 Å². The lowest BCUT2D eigenvalue weighted by Gasteiger charge is -2.19. The number of amides is 1. The molecule has 0 bridgehead atoms. The zero-order chi connectivity index (χ0) is 24.3. The van der Waals surface area contributed by atoms with E-state index in [-0.39, 0.29) is 23.2 Å². The Morgan fingerprint density at radius 3 is 2.24 bits per heavy atom. The third kappa shape index (κ3) is 5.91. The average molecular weight is 475 g/mol. The van der Waals surface area contributed by atoms with Gasteiger partial charge in [0.25, 0.3) is 0 Å². The van der Waals surface area contributed by atoms with Gasteiger partial charge in [-0.15, -0.1) is 0 Å². The van der Waals surface area contributed by atoms with Gasteiger partial charge in [0, 0.05) is 10.9 Å². The fourth-order valence-electron chi connectivity index (χ4n) is 3.71. The number of halogens is 1. The van der Waals surface area contributed by atoms with E-state index < -0.39 is 5.97 Å². The van der Waals surface area contributed by atoms with Crippen LogP contribution in [-0.4, -0.2) is 18.1 Å². The molecule has 3 aromatic rings. The fraction of sp³-hybridized carbons (Fsp3) is 0.250. The second-order valence-electron chi connectivity index (χ2n) is 9.52. The first-order valence-electron chi connectivity index (χ1n) is 11.2. The topological polar surface area (TPSA) is 67.8 Å². The van der Waals surface area contributed by atoms with Crippen molar-refractivity contribution in [3.8, 4) is 5.75 Å². The normalized spacial score (nSPS) is 17.4. The minimum atomic E-state index is -0.461. The Morgan fingerprint density at radius 2 is 1.62 bits per heavy atom. The molecule has 0 aromatic heterocycles. The molecule has 34 heavy (non-hydrogen) atoms. The third-order valence-electron chi connectivity index (χ3n) is 5.89. The SMILES string of the molecule is CC(C)(C)c1ccc([C@@H]2C[C@@H]2C(=O)N/N=C/c2ccc(OC(=O)c3ccc(Cl)cc3)cc2)cc1. The van der Waals surface area contributed by atoms with Crippen LogP contribution in [0, 0.1) is 5.92 Å². The van der Waals surface area contributed by atoms with Crippen LogP contribution in [0.5, 0.6) is 5.75 Å². The fourth-order valence-corrected chi connectivity index (χ4v) is 3.84. The molecule has 0 unspecified atom stereocenters. The summed E-state index contributed by atoms with van der Waals surface area (Å²) < 4.78 is 5.36. The monoisotopic (exact) mass is 474 g/mol. The highest BCUT2D eigenvalue weighted by atomic mass is 35.5. The van der Waals surface area contributed by atoms with Crippen molar-refractivity contribution < 1.29 is 14.3 Å². The van der Waals surface area contributed by atoms with Crippen molar-refractivity contribution in [3.63, 3.8) is 0 Å². The largest absolute Gasteiger partial charge is 0.423 e. The van der Waals surface area contributed by atoms with Gasteiger partial charge in [0.15, 0.2) is 0 Å². The molecule has 1 fully saturated rings. The molecule has 1 aliphatic rings. The zero-order valence-electron chi connectivity index (χ0n) is 19.4. The number of nitrogens with zero attached hydrogens (tertiary/aromatic N) is 1. The van der Waals surface area contributed by atoms with Crippen molar-refractivity contribution >= 4 is 29.7 Å². The Bertz CT molecular complexity index is 1190. The van der Waals surface area contributed by atoms with Crippen LogP contribution in [-0.2, 0) is 10.2 Å². The van der Waals surface area contributed by atoms with Crippen LogP contribution in [0.1, 0.15) is 60.2 Å². The second-order valence-corrected chi connectivity index (χ2v) is 9.96. The number of hydrazone groups is 1. The molecular weight excluding hydrogens is 448 g/mol. The van der Waals surface area contributed by atoms with Crippen molar-refractivity contribution in [1.82, 2.24) is 5.43 Å². The highest BCUT2D eigenvalue weighted by molar-refractivity contribution is 6.30. The predicted octanol–water partition coefficient (Wildman–Crippen LogP) is 6.11. The number of nitrogens with one attached hydrogen (secondary N) is 1. The summed E-state index contributed by atoms with van der Waals surface area (Å²) >= 11 is 5.84. The summed E-state index contributed by atoms with van der Waals surface area (Å²) in [4.78, 5) is 24.6. The van der Waals surface area contributed by atoms with Gasteiger partial charge in [-0.05, 0) is 83.0 Å². The molecule has 0 radical (unpaired) electrons. The van der Waals surface area contributed by atoms with E-state index in [0.29, 0.717) is 16.3 Å². The number of benzene rings is 3. The van der Waals surface area contributed by atoms with Crippen LogP contribution in [0.3, 0.4) is 0 Å². The lowest BCUT2D eigenvalue weighted by atomic mass is 9.86. The van der Waals surface area contributed by atoms with E-state index in [4.69, 9.17) is 16.3 Å². The van der Waals surface area contributed by atoms with E-state index >= 15 is 0 Å². The van der Waals surface area contributed by atoms with E-state index in [0.717, 1.165) is 12.0 Å². The standard InChI is InChI=1S/C28H27ClN2O3/c1-28(2,3)21-10-6-19(7-11-21)24-16-25(24)26(32)31-30-17-18-4-14-23(15-5-18)34-27(33)20-8-12-22(29)13-9-20/h4-15,17,24-25H,16H2,1-3H3,(H,31,32)/b30-17+/t24-,25-/m0/s1. The molecular formula is C28H27ClN2O3. The minimum Gasteiger partial charge on any atom is -0.423 e. The van der Waals surface area contributed by atoms with Gasteiger partial charge in [0.05, 0.1) is 11.8 Å². The molecule has 1 N–H and O–H groups in total. The molecule has 1 saturated carbocycles. The highest BCUT2D eigenvalue weighted by Gasteiger charge is 2.44. The first-order chi connectivity index (χ1) is 16.2. The van der Waals surface area contributed by atoms with Gasteiger partial charge in [-0.3, -0.25) is 4.79 Å². The van der Waals surface area contributed by atoms with Crippen LogP contribution in [0.2, 0.25) is 5.02 Å². The zero-order valence-corrected chi connectivity index (χ0v) is 20.2. The van der Waals surface area contributed by atoms with Gasteiger partial charge >= 0.3 is 5.97 Å². The smallest absolute Gasteiger partial charge is 0.343 e. The summed E-state index contributed by atoms with van der Waals surface area (Å²) in [5.74, 6) is 0.0811. The number of ether oxygens (including phenoxy) is 1. The van der Waals surface area contributed by atoms with Crippen LogP contribution >= 0.6 is 11.6 Å². The number of carbonyl (C=O) groups is 2. The molecule has 174 valence electrons. The van der Waals surface area contributed by atoms with Gasteiger partial charge in [-0.25, -0.2) is 10.2 Å². The first-order valence-corrected chi connectivity index (χ1v) is 11.6. The Kier molecular flexibility index (Phi) is 6.85. The molecule has 0 heterocycles. The van der Waals surface area contributed by atoms with Gasteiger partial charge in [0.2, 0.25) is 5.91 Å². The average Bonchev–Trinajstić information content (AvgIpc) is 3.61. The van der Waals surface area contributed by atoms with Gasteiger partial charge in [0.1, 0.15) is 5.75 Å². The van der Waals surface area contributed by atoms with Crippen molar-refractivity contribution in [3.05, 3.63) is 100 Å². The summed E-state index contributed by atoms with van der Waals surface area (Å²) in [7, 11) is 0. The summed E-state index contributed by atoms with van der Waals surface area (Å²) in [6, 6.07) is 21.9. The number of hydrogen-bond donors (Lipinski definition) is 1. The van der Waals surface area contributed by atoms with Gasteiger partial charge in [-0.2, -0.15) is 5.10 Å². The van der Waals surface area contributed by atoms with E-state index in [1.165, 1.54) is 11.1 Å². The quantitative estimate of drug-likeness (QED) is 0.203. The lowest BCUT2D eigenvalue weighted by Crippen LogP contribution is -2.20. The highest BCUT2D eigenvalue weighted by Crippen LogP contribution is 2.47. The summed E-state index contributed by atoms with van der Waals surface area (Å²) in [6.07, 6.45) is 2.40. The number of hydrogen-bond acceptors (Lipinski definition) is 4. The maximum Gasteiger partial charge on any atom is 0.343 e. The molecule has 5 nitrogen and oxygen atoms in total. The van der Waals surface area contributed by atoms with Crippen LogP contribution in [0.25, 0.3) is 0 Å². The Morgan fingerprint density at radius 1 is 0.971 bits per heavy atom. The molecule has 2 atom stereocenters. The minimum absolute atomic E-state index is 0.0488. The number of esters is 1.